The lowest BCUT2D eigenvalue weighted by Crippen LogP contribution is -2.22. The highest BCUT2D eigenvalue weighted by atomic mass is 16.5. The van der Waals surface area contributed by atoms with Gasteiger partial charge in [-0.1, -0.05) is 142 Å². The van der Waals surface area contributed by atoms with Gasteiger partial charge in [0.25, 0.3) is 0 Å². The fourth-order valence-corrected chi connectivity index (χ4v) is 4.86. The number of allylic oxidation sites excluding steroid dienone is 5. The number of ether oxygens (including phenoxy) is 1. The highest BCUT2D eigenvalue weighted by Gasteiger charge is 2.25. The molecule has 0 aromatic heterocycles. The van der Waals surface area contributed by atoms with Crippen LogP contribution in [0.4, 0.5) is 0 Å². The van der Waals surface area contributed by atoms with E-state index < -0.39 is 0 Å². The Morgan fingerprint density at radius 2 is 1.31 bits per heavy atom. The zero-order chi connectivity index (χ0) is 33.4. The topological polar surface area (TPSA) is 26.3 Å². The molecule has 1 atom stereocenters. The third-order valence-electron chi connectivity index (χ3n) is 8.20. The van der Waals surface area contributed by atoms with E-state index in [-0.39, 0.29) is 11.2 Å². The summed E-state index contributed by atoms with van der Waals surface area (Å²) in [5, 5.41) is 0. The molecule has 0 spiro atoms. The van der Waals surface area contributed by atoms with Crippen LogP contribution in [0.2, 0.25) is 0 Å². The number of carbonyl (C=O) groups is 1. The van der Waals surface area contributed by atoms with Gasteiger partial charge >= 0.3 is 0 Å². The maximum atomic E-state index is 12.3. The zero-order valence-electron chi connectivity index (χ0n) is 28.7. The molecule has 0 heterocycles. The van der Waals surface area contributed by atoms with E-state index >= 15 is 0 Å². The molecule has 0 saturated carbocycles. The number of ketones is 1. The van der Waals surface area contributed by atoms with E-state index in [0.717, 1.165) is 71.3 Å². The van der Waals surface area contributed by atoms with Crippen molar-refractivity contribution in [3.05, 3.63) is 144 Å². The molecule has 3 aromatic carbocycles. The number of hydrogen-bond donors (Lipinski definition) is 0. The van der Waals surface area contributed by atoms with Gasteiger partial charge in [0.05, 0.1) is 6.61 Å². The summed E-state index contributed by atoms with van der Waals surface area (Å²) in [4.78, 5) is 12.3. The standard InChI is InChI=1S/C41H48O2.C2H6/c1-30(2)34(7)23-25-41(8,26-24-40(42)31(3)4)27-28-43-39-21-19-38(20-22-39)37-17-15-35(16-18-37)12-11-33(6)29-36-13-9-32(5)10-14-36;1-2/h9-22H,1,3,6-7,23-29H2,2,4-5,8H3;1-2H3/b12-11+;. The second-order valence-electron chi connectivity index (χ2n) is 12.3. The van der Waals surface area contributed by atoms with Gasteiger partial charge in [-0.25, -0.2) is 0 Å². The van der Waals surface area contributed by atoms with Crippen LogP contribution in [0, 0.1) is 12.3 Å². The second-order valence-corrected chi connectivity index (χ2v) is 12.3. The van der Waals surface area contributed by atoms with Crippen molar-refractivity contribution < 1.29 is 9.53 Å². The van der Waals surface area contributed by atoms with Gasteiger partial charge in [0.2, 0.25) is 0 Å². The summed E-state index contributed by atoms with van der Waals surface area (Å²) in [6.45, 7) is 28.9. The van der Waals surface area contributed by atoms with Gasteiger partial charge in [-0.3, -0.25) is 4.79 Å². The normalized spacial score (nSPS) is 12.0. The molecule has 0 aliphatic rings. The van der Waals surface area contributed by atoms with Crippen molar-refractivity contribution in [2.24, 2.45) is 5.41 Å². The first-order valence-corrected chi connectivity index (χ1v) is 16.2. The van der Waals surface area contributed by atoms with Crippen LogP contribution < -0.4 is 4.74 Å². The maximum Gasteiger partial charge on any atom is 0.158 e. The van der Waals surface area contributed by atoms with Gasteiger partial charge in [-0.05, 0) is 98.2 Å². The molecule has 0 aliphatic heterocycles. The Morgan fingerprint density at radius 3 is 1.87 bits per heavy atom. The van der Waals surface area contributed by atoms with Crippen LogP contribution >= 0.6 is 0 Å². The lowest BCUT2D eigenvalue weighted by Gasteiger charge is -2.30. The van der Waals surface area contributed by atoms with Crippen molar-refractivity contribution in [1.82, 2.24) is 0 Å². The summed E-state index contributed by atoms with van der Waals surface area (Å²) < 4.78 is 6.16. The fraction of sp³-hybridized carbons (Fsp3) is 0.326. The van der Waals surface area contributed by atoms with Crippen LogP contribution in [0.25, 0.3) is 17.2 Å². The van der Waals surface area contributed by atoms with E-state index in [9.17, 15) is 4.79 Å². The highest BCUT2D eigenvalue weighted by molar-refractivity contribution is 5.94. The molecule has 45 heavy (non-hydrogen) atoms. The van der Waals surface area contributed by atoms with Crippen molar-refractivity contribution in [3.63, 3.8) is 0 Å². The molecule has 3 aromatic rings. The molecule has 0 fully saturated rings. The number of aryl methyl sites for hydroxylation is 1. The minimum atomic E-state index is -0.0351. The summed E-state index contributed by atoms with van der Waals surface area (Å²) in [6, 6.07) is 25.4. The average Bonchev–Trinajstić information content (AvgIpc) is 3.04. The first kappa shape index (κ1) is 37.0. The largest absolute Gasteiger partial charge is 0.494 e. The van der Waals surface area contributed by atoms with Crippen molar-refractivity contribution in [1.29, 1.82) is 0 Å². The molecular formula is C43H54O2. The number of Topliss-reactive ketones (excluding diaryl/α,β-unsaturated/α-hetero) is 1. The van der Waals surface area contributed by atoms with Crippen molar-refractivity contribution in [2.45, 2.75) is 80.1 Å². The minimum Gasteiger partial charge on any atom is -0.494 e. The number of hydrogen-bond acceptors (Lipinski definition) is 2. The van der Waals surface area contributed by atoms with Gasteiger partial charge in [0, 0.05) is 6.42 Å². The maximum absolute atomic E-state index is 12.3. The van der Waals surface area contributed by atoms with Crippen molar-refractivity contribution in [2.75, 3.05) is 6.61 Å². The smallest absolute Gasteiger partial charge is 0.158 e. The van der Waals surface area contributed by atoms with Crippen molar-refractivity contribution >= 4 is 11.9 Å². The SMILES string of the molecule is C=C(/C=C/c1ccc(-c2ccc(OCCC(C)(CCC(=C)C(=C)C)CCC(=O)C(=C)C)cc2)cc1)Cc1ccc(C)cc1.CC. The summed E-state index contributed by atoms with van der Waals surface area (Å²) in [5.41, 5.74) is 9.76. The van der Waals surface area contributed by atoms with Gasteiger partial charge in [0.15, 0.2) is 5.78 Å². The van der Waals surface area contributed by atoms with Crippen LogP contribution in [-0.2, 0) is 11.2 Å². The molecule has 3 rings (SSSR count). The molecular weight excluding hydrogens is 548 g/mol. The summed E-state index contributed by atoms with van der Waals surface area (Å²) >= 11 is 0. The summed E-state index contributed by atoms with van der Waals surface area (Å²) in [7, 11) is 0. The van der Waals surface area contributed by atoms with E-state index in [4.69, 9.17) is 4.74 Å². The minimum absolute atomic E-state index is 0.0351. The molecule has 0 N–H and O–H groups in total. The van der Waals surface area contributed by atoms with Crippen LogP contribution in [0.15, 0.2) is 127 Å². The Morgan fingerprint density at radius 1 is 0.756 bits per heavy atom. The summed E-state index contributed by atoms with van der Waals surface area (Å²) in [5.74, 6) is 0.983. The quantitative estimate of drug-likeness (QED) is 0.113. The zero-order valence-corrected chi connectivity index (χ0v) is 28.7. The highest BCUT2D eigenvalue weighted by Crippen LogP contribution is 2.36. The Kier molecular flexibility index (Phi) is 15.3. The number of carbonyl (C=O) groups excluding carboxylic acids is 1. The lowest BCUT2D eigenvalue weighted by molar-refractivity contribution is -0.116. The molecule has 1 unspecified atom stereocenters. The van der Waals surface area contributed by atoms with Gasteiger partial charge < -0.3 is 4.74 Å². The second kappa shape index (κ2) is 18.6. The molecule has 0 radical (unpaired) electrons. The third-order valence-corrected chi connectivity index (χ3v) is 8.20. The first-order chi connectivity index (χ1) is 21.4. The van der Waals surface area contributed by atoms with Crippen molar-refractivity contribution in [3.8, 4) is 16.9 Å². The Hall–Kier alpha value is -4.17. The Bertz CT molecular complexity index is 1420. The van der Waals surface area contributed by atoms with Crippen LogP contribution in [0.1, 0.15) is 83.4 Å². The Balaban J connectivity index is 0.00000345. The average molecular weight is 603 g/mol. The van der Waals surface area contributed by atoms with E-state index in [0.29, 0.717) is 18.6 Å². The summed E-state index contributed by atoms with van der Waals surface area (Å²) in [6.07, 6.45) is 9.05. The van der Waals surface area contributed by atoms with Gasteiger partial charge in [0.1, 0.15) is 5.75 Å². The molecule has 2 heteroatoms. The fourth-order valence-electron chi connectivity index (χ4n) is 4.86. The van der Waals surface area contributed by atoms with Crippen LogP contribution in [0.5, 0.6) is 5.75 Å². The first-order valence-electron chi connectivity index (χ1n) is 16.2. The predicted molar refractivity (Wildman–Crippen MR) is 197 cm³/mol. The lowest BCUT2D eigenvalue weighted by atomic mass is 9.76. The van der Waals surface area contributed by atoms with E-state index in [1.165, 1.54) is 11.1 Å². The number of rotatable bonds is 17. The van der Waals surface area contributed by atoms with E-state index in [1.54, 1.807) is 6.92 Å². The molecule has 0 saturated heterocycles. The molecule has 238 valence electrons. The third kappa shape index (κ3) is 13.2. The monoisotopic (exact) mass is 602 g/mol. The number of benzene rings is 3. The molecule has 0 bridgehead atoms. The van der Waals surface area contributed by atoms with Gasteiger partial charge in [-0.2, -0.15) is 0 Å². The van der Waals surface area contributed by atoms with Crippen LogP contribution in [-0.4, -0.2) is 12.4 Å². The molecule has 2 nitrogen and oxygen atoms in total. The van der Waals surface area contributed by atoms with Gasteiger partial charge in [-0.15, -0.1) is 0 Å². The van der Waals surface area contributed by atoms with E-state index in [1.807, 2.05) is 32.9 Å². The Labute approximate surface area is 274 Å². The van der Waals surface area contributed by atoms with Crippen LogP contribution in [0.3, 0.4) is 0 Å². The van der Waals surface area contributed by atoms with E-state index in [2.05, 4.69) is 113 Å². The molecule has 0 amide bonds. The predicted octanol–water partition coefficient (Wildman–Crippen LogP) is 12.1. The molecule has 0 aliphatic carbocycles.